The standard InChI is InChI=1S/C5H11NO.C5H7NS/c1-6-2-4-7-5-3-6;7-5-3-1-2-4-6-5/h2-5H2,1H3;1-7H. The van der Waals surface area contributed by atoms with E-state index in [0.29, 0.717) is 0 Å². The molecule has 0 radical (unpaired) electrons. The molecule has 0 spiro atoms. The summed E-state index contributed by atoms with van der Waals surface area (Å²) in [5, 5.41) is 3.03. The lowest BCUT2D eigenvalue weighted by Gasteiger charge is -2.19. The maximum absolute atomic E-state index is 5.12. The molecule has 0 bridgehead atoms. The highest BCUT2D eigenvalue weighted by atomic mass is 32.1. The second kappa shape index (κ2) is 6.92. The molecule has 1 unspecified atom stereocenters. The van der Waals surface area contributed by atoms with Crippen molar-refractivity contribution in [1.29, 1.82) is 0 Å². The largest absolute Gasteiger partial charge is 0.764 e. The molecule has 2 rings (SSSR count). The van der Waals surface area contributed by atoms with Gasteiger partial charge in [0.1, 0.15) is 13.1 Å². The van der Waals surface area contributed by atoms with Gasteiger partial charge in [0.15, 0.2) is 0 Å². The number of hydrogen-bond donors (Lipinski definition) is 2. The number of likely N-dealkylation sites (N-methyl/N-ethyl adjacent to an activating group) is 1. The van der Waals surface area contributed by atoms with Crippen LogP contribution in [0.1, 0.15) is 0 Å². The predicted molar refractivity (Wildman–Crippen MR) is 60.0 cm³/mol. The normalized spacial score (nSPS) is 26.3. The molecule has 0 aliphatic carbocycles. The van der Waals surface area contributed by atoms with E-state index in [4.69, 9.17) is 17.4 Å². The van der Waals surface area contributed by atoms with Crippen LogP contribution in [0.25, 0.3) is 0 Å². The Labute approximate surface area is 91.2 Å². The van der Waals surface area contributed by atoms with Gasteiger partial charge in [0.2, 0.25) is 0 Å². The number of allylic oxidation sites excluding steroid dienone is 2. The van der Waals surface area contributed by atoms with E-state index in [2.05, 4.69) is 12.4 Å². The van der Waals surface area contributed by atoms with Crippen molar-refractivity contribution in [3.8, 4) is 0 Å². The van der Waals surface area contributed by atoms with E-state index < -0.39 is 0 Å². The van der Waals surface area contributed by atoms with Crippen molar-refractivity contribution in [2.24, 2.45) is 0 Å². The average molecular weight is 214 g/mol. The van der Waals surface area contributed by atoms with E-state index in [1.807, 2.05) is 24.4 Å². The molecule has 0 aromatic heterocycles. The van der Waals surface area contributed by atoms with Crippen molar-refractivity contribution < 1.29 is 9.64 Å². The molecule has 1 atom stereocenters. The van der Waals surface area contributed by atoms with Crippen LogP contribution >= 0.6 is 0 Å². The van der Waals surface area contributed by atoms with E-state index in [0.717, 1.165) is 13.2 Å². The van der Waals surface area contributed by atoms with Gasteiger partial charge in [0.25, 0.3) is 0 Å². The van der Waals surface area contributed by atoms with Gasteiger partial charge >= 0.3 is 0 Å². The van der Waals surface area contributed by atoms with Gasteiger partial charge in [-0.25, -0.2) is 0 Å². The molecule has 0 amide bonds. The van der Waals surface area contributed by atoms with E-state index in [1.165, 1.54) is 13.1 Å². The van der Waals surface area contributed by atoms with Gasteiger partial charge in [-0.3, -0.25) is 0 Å². The number of rotatable bonds is 0. The lowest BCUT2D eigenvalue weighted by atomic mass is 10.4. The Bertz CT molecular complexity index is 200. The maximum atomic E-state index is 5.12. The predicted octanol–water partition coefficient (Wildman–Crippen LogP) is -0.936. The molecule has 4 heteroatoms. The number of hydrogen-bond acceptors (Lipinski definition) is 3. The Balaban J connectivity index is 0.000000140. The smallest absolute Gasteiger partial charge is 0.101 e. The van der Waals surface area contributed by atoms with Crippen molar-refractivity contribution in [2.45, 2.75) is 5.37 Å². The van der Waals surface area contributed by atoms with Gasteiger partial charge < -0.3 is 27.6 Å². The Kier molecular flexibility index (Phi) is 5.75. The monoisotopic (exact) mass is 214 g/mol. The molecule has 1 saturated heterocycles. The van der Waals surface area contributed by atoms with Crippen molar-refractivity contribution in [3.05, 3.63) is 24.4 Å². The maximum Gasteiger partial charge on any atom is 0.101 e. The van der Waals surface area contributed by atoms with Gasteiger partial charge in [-0.05, 0) is 12.3 Å². The van der Waals surface area contributed by atoms with E-state index in [1.54, 1.807) is 4.90 Å². The van der Waals surface area contributed by atoms with Crippen LogP contribution in [0.15, 0.2) is 24.4 Å². The average Bonchev–Trinajstić information content (AvgIpc) is 2.21. The molecule has 14 heavy (non-hydrogen) atoms. The molecule has 1 fully saturated rings. The second-order valence-electron chi connectivity index (χ2n) is 3.40. The first-order chi connectivity index (χ1) is 6.79. The van der Waals surface area contributed by atoms with Gasteiger partial charge in [-0.1, -0.05) is 17.5 Å². The first-order valence-electron chi connectivity index (χ1n) is 4.93. The molecule has 0 aromatic rings. The third-order valence-electron chi connectivity index (χ3n) is 2.10. The Hall–Kier alpha value is -0.450. The van der Waals surface area contributed by atoms with Gasteiger partial charge in [-0.15, -0.1) is 0 Å². The number of ether oxygens (including phenoxy) is 1. The molecular weight excluding hydrogens is 196 g/mol. The van der Waals surface area contributed by atoms with E-state index in [9.17, 15) is 0 Å². The zero-order valence-corrected chi connectivity index (χ0v) is 9.35. The van der Waals surface area contributed by atoms with Crippen LogP contribution < -0.4 is 10.2 Å². The Morgan fingerprint density at radius 2 is 2.07 bits per heavy atom. The summed E-state index contributed by atoms with van der Waals surface area (Å²) in [5.74, 6) is 0. The zero-order valence-electron chi connectivity index (χ0n) is 8.53. The molecule has 2 heterocycles. The minimum atomic E-state index is 0.102. The fourth-order valence-electron chi connectivity index (χ4n) is 1.15. The highest BCUT2D eigenvalue weighted by molar-refractivity contribution is 7.59. The summed E-state index contributed by atoms with van der Waals surface area (Å²) in [6.07, 6.45) is 7.63. The number of quaternary nitrogens is 1. The van der Waals surface area contributed by atoms with Crippen molar-refractivity contribution in [2.75, 3.05) is 33.4 Å². The topological polar surface area (TPSA) is 25.7 Å². The van der Waals surface area contributed by atoms with Crippen LogP contribution in [0.3, 0.4) is 0 Å². The summed E-state index contributed by atoms with van der Waals surface area (Å²) in [5.41, 5.74) is 0. The number of nitrogens with one attached hydrogen (secondary N) is 2. The lowest BCUT2D eigenvalue weighted by Crippen LogP contribution is -3.11. The summed E-state index contributed by atoms with van der Waals surface area (Å²) in [4.78, 5) is 1.59. The number of morpholine rings is 1. The van der Waals surface area contributed by atoms with Gasteiger partial charge in [0.05, 0.1) is 20.3 Å². The van der Waals surface area contributed by atoms with Crippen LogP contribution in [0, 0.1) is 0 Å². The molecule has 2 aliphatic heterocycles. The summed E-state index contributed by atoms with van der Waals surface area (Å²) < 4.78 is 5.12. The molecule has 3 nitrogen and oxygen atoms in total. The molecule has 0 saturated carbocycles. The minimum Gasteiger partial charge on any atom is -0.764 e. The van der Waals surface area contributed by atoms with Gasteiger partial charge in [-0.2, -0.15) is 0 Å². The first-order valence-corrected chi connectivity index (χ1v) is 5.40. The summed E-state index contributed by atoms with van der Waals surface area (Å²) in [7, 11) is 2.20. The highest BCUT2D eigenvalue weighted by Gasteiger charge is 2.05. The Morgan fingerprint density at radius 3 is 2.36 bits per heavy atom. The van der Waals surface area contributed by atoms with Crippen LogP contribution in [0.5, 0.6) is 0 Å². The van der Waals surface area contributed by atoms with Crippen LogP contribution in [0.2, 0.25) is 0 Å². The van der Waals surface area contributed by atoms with Crippen LogP contribution in [-0.2, 0) is 17.4 Å². The van der Waals surface area contributed by atoms with Crippen LogP contribution in [0.4, 0.5) is 0 Å². The summed E-state index contributed by atoms with van der Waals surface area (Å²) in [6, 6.07) is 0. The van der Waals surface area contributed by atoms with Crippen LogP contribution in [-0.4, -0.2) is 38.7 Å². The summed E-state index contributed by atoms with van der Waals surface area (Å²) in [6.45, 7) is 4.26. The third-order valence-corrected chi connectivity index (χ3v) is 2.39. The molecule has 0 aromatic carbocycles. The highest BCUT2D eigenvalue weighted by Crippen LogP contribution is 1.89. The number of dihydropyridines is 1. The molecule has 2 N–H and O–H groups in total. The third kappa shape index (κ3) is 5.32. The molecular formula is C10H18N2OS. The lowest BCUT2D eigenvalue weighted by molar-refractivity contribution is -0.888. The van der Waals surface area contributed by atoms with E-state index in [-0.39, 0.29) is 5.37 Å². The van der Waals surface area contributed by atoms with Crippen molar-refractivity contribution >= 4 is 12.6 Å². The fourth-order valence-corrected chi connectivity index (χ4v) is 1.32. The SMILES string of the molecule is C[NH+]1CCOCC1.[S-]C1C=CC=CN1. The molecule has 80 valence electrons. The van der Waals surface area contributed by atoms with E-state index >= 15 is 0 Å². The van der Waals surface area contributed by atoms with Crippen molar-refractivity contribution in [1.82, 2.24) is 5.32 Å². The fraction of sp³-hybridized carbons (Fsp3) is 0.600. The minimum absolute atomic E-state index is 0.102. The molecule has 2 aliphatic rings. The quantitative estimate of drug-likeness (QED) is 0.510. The summed E-state index contributed by atoms with van der Waals surface area (Å²) >= 11 is 4.84. The Morgan fingerprint density at radius 1 is 1.36 bits per heavy atom. The first kappa shape index (κ1) is 11.6. The van der Waals surface area contributed by atoms with Gasteiger partial charge in [0, 0.05) is 0 Å². The van der Waals surface area contributed by atoms with Crippen molar-refractivity contribution in [3.63, 3.8) is 0 Å². The second-order valence-corrected chi connectivity index (χ2v) is 3.91. The zero-order chi connectivity index (χ0) is 10.2.